The van der Waals surface area contributed by atoms with Crippen LogP contribution in [-0.4, -0.2) is 17.5 Å². The van der Waals surface area contributed by atoms with E-state index in [0.29, 0.717) is 0 Å². The van der Waals surface area contributed by atoms with Crippen molar-refractivity contribution in [3.8, 4) is 0 Å². The van der Waals surface area contributed by atoms with Crippen LogP contribution in [0.1, 0.15) is 66.2 Å². The van der Waals surface area contributed by atoms with Crippen LogP contribution in [0, 0.1) is 0 Å². The quantitative estimate of drug-likeness (QED) is 0.627. The molecule has 0 radical (unpaired) electrons. The highest BCUT2D eigenvalue weighted by Crippen LogP contribution is 2.10. The molecule has 2 unspecified atom stereocenters. The summed E-state index contributed by atoms with van der Waals surface area (Å²) in [6.45, 7) is 8.09. The van der Waals surface area contributed by atoms with Crippen LogP contribution in [-0.2, 0) is 4.79 Å². The third-order valence-corrected chi connectivity index (χ3v) is 2.91. The van der Waals surface area contributed by atoms with Gasteiger partial charge in [0.05, 0.1) is 5.54 Å². The Balaban J connectivity index is 3.93. The zero-order chi connectivity index (χ0) is 12.6. The van der Waals surface area contributed by atoms with Gasteiger partial charge in [0.15, 0.2) is 0 Å². The Morgan fingerprint density at radius 2 is 1.94 bits per heavy atom. The minimum Gasteiger partial charge on any atom is -0.352 e. The summed E-state index contributed by atoms with van der Waals surface area (Å²) in [5.74, 6) is -0.0154. The molecule has 0 fully saturated rings. The van der Waals surface area contributed by atoms with Crippen molar-refractivity contribution < 1.29 is 4.79 Å². The van der Waals surface area contributed by atoms with E-state index < -0.39 is 5.54 Å². The first kappa shape index (κ1) is 15.4. The Morgan fingerprint density at radius 1 is 1.31 bits per heavy atom. The number of amides is 1. The number of nitrogens with two attached hydrogens (primary N) is 1. The molecule has 3 heteroatoms. The van der Waals surface area contributed by atoms with Crippen LogP contribution in [0.15, 0.2) is 0 Å². The average molecular weight is 228 g/mol. The fourth-order valence-corrected chi connectivity index (χ4v) is 1.79. The standard InChI is InChI=1S/C13H28N2O/c1-5-7-8-9-11(3)15-12(16)13(4,14)10-6-2/h11H,5-10,14H2,1-4H3,(H,15,16). The van der Waals surface area contributed by atoms with Crippen LogP contribution in [0.3, 0.4) is 0 Å². The zero-order valence-corrected chi connectivity index (χ0v) is 11.3. The second kappa shape index (κ2) is 7.66. The normalized spacial score (nSPS) is 16.6. The van der Waals surface area contributed by atoms with Gasteiger partial charge in [-0.15, -0.1) is 0 Å². The molecule has 0 aliphatic rings. The molecule has 0 heterocycles. The monoisotopic (exact) mass is 228 g/mol. The number of hydrogen-bond acceptors (Lipinski definition) is 2. The van der Waals surface area contributed by atoms with Gasteiger partial charge in [0.1, 0.15) is 0 Å². The number of unbranched alkanes of at least 4 members (excludes halogenated alkanes) is 2. The predicted molar refractivity (Wildman–Crippen MR) is 69.2 cm³/mol. The minimum absolute atomic E-state index is 0.0154. The molecule has 0 aliphatic carbocycles. The molecule has 16 heavy (non-hydrogen) atoms. The van der Waals surface area contributed by atoms with Crippen molar-refractivity contribution in [2.45, 2.75) is 77.8 Å². The maximum absolute atomic E-state index is 11.9. The maximum atomic E-state index is 11.9. The zero-order valence-electron chi connectivity index (χ0n) is 11.3. The van der Waals surface area contributed by atoms with Crippen LogP contribution in [0.25, 0.3) is 0 Å². The van der Waals surface area contributed by atoms with Crippen LogP contribution < -0.4 is 11.1 Å². The fourth-order valence-electron chi connectivity index (χ4n) is 1.79. The Morgan fingerprint density at radius 3 is 2.44 bits per heavy atom. The predicted octanol–water partition coefficient (Wildman–Crippen LogP) is 2.59. The Kier molecular flexibility index (Phi) is 7.39. The molecule has 0 rings (SSSR count). The molecule has 0 bridgehead atoms. The number of carbonyl (C=O) groups excluding carboxylic acids is 1. The van der Waals surface area contributed by atoms with Crippen LogP contribution in [0.4, 0.5) is 0 Å². The summed E-state index contributed by atoms with van der Waals surface area (Å²) in [6.07, 6.45) is 6.33. The van der Waals surface area contributed by atoms with Gasteiger partial charge < -0.3 is 11.1 Å². The molecule has 96 valence electrons. The molecular weight excluding hydrogens is 200 g/mol. The third-order valence-electron chi connectivity index (χ3n) is 2.91. The molecule has 0 saturated heterocycles. The Labute approximate surface area is 100 Å². The summed E-state index contributed by atoms with van der Waals surface area (Å²) in [5, 5.41) is 3.00. The smallest absolute Gasteiger partial charge is 0.240 e. The van der Waals surface area contributed by atoms with Gasteiger partial charge in [-0.25, -0.2) is 0 Å². The van der Waals surface area contributed by atoms with Gasteiger partial charge in [0.25, 0.3) is 0 Å². The number of hydrogen-bond donors (Lipinski definition) is 2. The molecule has 3 nitrogen and oxygen atoms in total. The maximum Gasteiger partial charge on any atom is 0.240 e. The van der Waals surface area contributed by atoms with Gasteiger partial charge in [-0.05, 0) is 26.7 Å². The van der Waals surface area contributed by atoms with E-state index in [-0.39, 0.29) is 11.9 Å². The Bertz CT molecular complexity index is 202. The van der Waals surface area contributed by atoms with E-state index in [0.717, 1.165) is 19.3 Å². The number of nitrogens with one attached hydrogen (secondary N) is 1. The van der Waals surface area contributed by atoms with Gasteiger partial charge in [-0.3, -0.25) is 4.79 Å². The van der Waals surface area contributed by atoms with E-state index in [1.165, 1.54) is 19.3 Å². The van der Waals surface area contributed by atoms with Crippen molar-refractivity contribution in [2.75, 3.05) is 0 Å². The van der Waals surface area contributed by atoms with E-state index in [2.05, 4.69) is 19.2 Å². The highest BCUT2D eigenvalue weighted by Gasteiger charge is 2.27. The molecule has 0 aromatic heterocycles. The summed E-state index contributed by atoms with van der Waals surface area (Å²) in [5.41, 5.74) is 5.25. The average Bonchev–Trinajstić information content (AvgIpc) is 2.17. The van der Waals surface area contributed by atoms with E-state index in [4.69, 9.17) is 5.73 Å². The van der Waals surface area contributed by atoms with E-state index in [9.17, 15) is 4.79 Å². The summed E-state index contributed by atoms with van der Waals surface area (Å²) in [6, 6.07) is 0.235. The molecular formula is C13H28N2O. The van der Waals surface area contributed by atoms with Crippen molar-refractivity contribution in [2.24, 2.45) is 5.73 Å². The second-order valence-corrected chi connectivity index (χ2v) is 5.04. The van der Waals surface area contributed by atoms with Crippen LogP contribution in [0.5, 0.6) is 0 Å². The van der Waals surface area contributed by atoms with E-state index >= 15 is 0 Å². The highest BCUT2D eigenvalue weighted by atomic mass is 16.2. The molecule has 3 N–H and O–H groups in total. The lowest BCUT2D eigenvalue weighted by molar-refractivity contribution is -0.126. The van der Waals surface area contributed by atoms with E-state index in [1.54, 1.807) is 0 Å². The molecule has 0 aromatic rings. The summed E-state index contributed by atoms with van der Waals surface area (Å²) < 4.78 is 0. The first-order valence-corrected chi connectivity index (χ1v) is 6.53. The second-order valence-electron chi connectivity index (χ2n) is 5.04. The molecule has 0 saturated carbocycles. The first-order chi connectivity index (χ1) is 7.44. The van der Waals surface area contributed by atoms with Gasteiger partial charge in [0, 0.05) is 6.04 Å². The summed E-state index contributed by atoms with van der Waals surface area (Å²) in [7, 11) is 0. The van der Waals surface area contributed by atoms with Crippen LogP contribution >= 0.6 is 0 Å². The van der Waals surface area contributed by atoms with Gasteiger partial charge in [-0.2, -0.15) is 0 Å². The largest absolute Gasteiger partial charge is 0.352 e. The molecule has 0 aliphatic heterocycles. The third kappa shape index (κ3) is 6.11. The minimum atomic E-state index is -0.715. The lowest BCUT2D eigenvalue weighted by atomic mass is 9.96. The molecule has 0 aromatic carbocycles. The Hall–Kier alpha value is -0.570. The molecule has 0 spiro atoms. The van der Waals surface area contributed by atoms with Crippen molar-refractivity contribution in [3.63, 3.8) is 0 Å². The van der Waals surface area contributed by atoms with Crippen molar-refractivity contribution in [1.29, 1.82) is 0 Å². The molecule has 1 amide bonds. The lowest BCUT2D eigenvalue weighted by Crippen LogP contribution is -2.53. The SMILES string of the molecule is CCCCCC(C)NC(=O)C(C)(N)CCC. The van der Waals surface area contributed by atoms with Gasteiger partial charge >= 0.3 is 0 Å². The van der Waals surface area contributed by atoms with E-state index in [1.807, 2.05) is 13.8 Å². The number of carbonyl (C=O) groups is 1. The summed E-state index contributed by atoms with van der Waals surface area (Å²) in [4.78, 5) is 11.9. The molecule has 2 atom stereocenters. The number of rotatable bonds is 8. The van der Waals surface area contributed by atoms with Gasteiger partial charge in [0.2, 0.25) is 5.91 Å². The lowest BCUT2D eigenvalue weighted by Gasteiger charge is -2.25. The van der Waals surface area contributed by atoms with Crippen molar-refractivity contribution in [1.82, 2.24) is 5.32 Å². The van der Waals surface area contributed by atoms with Gasteiger partial charge in [-0.1, -0.05) is 39.5 Å². The van der Waals surface area contributed by atoms with Crippen molar-refractivity contribution in [3.05, 3.63) is 0 Å². The van der Waals surface area contributed by atoms with Crippen molar-refractivity contribution >= 4 is 5.91 Å². The highest BCUT2D eigenvalue weighted by molar-refractivity contribution is 5.85. The van der Waals surface area contributed by atoms with Crippen LogP contribution in [0.2, 0.25) is 0 Å². The topological polar surface area (TPSA) is 55.1 Å². The fraction of sp³-hybridized carbons (Fsp3) is 0.923. The first-order valence-electron chi connectivity index (χ1n) is 6.53. The summed E-state index contributed by atoms with van der Waals surface area (Å²) >= 11 is 0.